The van der Waals surface area contributed by atoms with Gasteiger partial charge in [-0.25, -0.2) is 0 Å². The van der Waals surface area contributed by atoms with Crippen LogP contribution in [0, 0.1) is 0 Å². The fourth-order valence-corrected chi connectivity index (χ4v) is 4.33. The van der Waals surface area contributed by atoms with Gasteiger partial charge in [-0.2, -0.15) is 0 Å². The van der Waals surface area contributed by atoms with Crippen LogP contribution in [0.2, 0.25) is 0 Å². The molecule has 29 heavy (non-hydrogen) atoms. The summed E-state index contributed by atoms with van der Waals surface area (Å²) in [6, 6.07) is 6.79. The van der Waals surface area contributed by atoms with E-state index in [1.165, 1.54) is 42.2 Å². The van der Waals surface area contributed by atoms with Gasteiger partial charge in [0.2, 0.25) is 5.91 Å². The fourth-order valence-electron chi connectivity index (χ4n) is 4.33. The summed E-state index contributed by atoms with van der Waals surface area (Å²) in [5.41, 5.74) is 4.05. The van der Waals surface area contributed by atoms with E-state index in [0.717, 1.165) is 65.3 Å². The van der Waals surface area contributed by atoms with Crippen molar-refractivity contribution in [3.63, 3.8) is 0 Å². The molecule has 1 amide bonds. The van der Waals surface area contributed by atoms with E-state index < -0.39 is 0 Å². The maximum Gasteiger partial charge on any atom is 0.246 e. The molecule has 2 heterocycles. The molecular formula is C24H37N3O2. The molecule has 1 saturated heterocycles. The van der Waals surface area contributed by atoms with Crippen LogP contribution in [0.3, 0.4) is 0 Å². The Labute approximate surface area is 176 Å². The molecule has 3 rings (SSSR count). The van der Waals surface area contributed by atoms with Gasteiger partial charge in [-0.15, -0.1) is 0 Å². The monoisotopic (exact) mass is 399 g/mol. The van der Waals surface area contributed by atoms with Crippen molar-refractivity contribution < 1.29 is 9.53 Å². The summed E-state index contributed by atoms with van der Waals surface area (Å²) in [6.07, 6.45) is 7.25. The quantitative estimate of drug-likeness (QED) is 0.565. The Bertz CT molecular complexity index is 670. The van der Waals surface area contributed by atoms with Crippen molar-refractivity contribution >= 4 is 11.6 Å². The van der Waals surface area contributed by atoms with Crippen LogP contribution >= 0.6 is 0 Å². The van der Waals surface area contributed by atoms with Crippen LogP contribution in [-0.2, 0) is 22.5 Å². The molecule has 0 saturated carbocycles. The Kier molecular flexibility index (Phi) is 8.56. The standard InChI is InChI=1S/C24H37N3O2/c1-3-5-12-26-13-6-8-22-19-21(9-10-23(22)26)20-27(24(28)4-2)14-7-11-25-15-17-29-18-16-25/h4,9-10,19H,2-3,5-8,11-18,20H2,1H3. The van der Waals surface area contributed by atoms with Crippen LogP contribution in [0.25, 0.3) is 0 Å². The van der Waals surface area contributed by atoms with Gasteiger partial charge in [-0.1, -0.05) is 32.1 Å². The summed E-state index contributed by atoms with van der Waals surface area (Å²) in [5.74, 6) is 0.0225. The fraction of sp³-hybridized carbons (Fsp3) is 0.625. The molecule has 0 aliphatic carbocycles. The number of morpholine rings is 1. The molecule has 0 radical (unpaired) electrons. The molecule has 1 fully saturated rings. The smallest absolute Gasteiger partial charge is 0.246 e. The Hall–Kier alpha value is -1.85. The van der Waals surface area contributed by atoms with Gasteiger partial charge in [-0.3, -0.25) is 9.69 Å². The van der Waals surface area contributed by atoms with Gasteiger partial charge < -0.3 is 14.5 Å². The molecule has 0 atom stereocenters. The minimum atomic E-state index is 0.0225. The third-order valence-electron chi connectivity index (χ3n) is 6.01. The van der Waals surface area contributed by atoms with Gasteiger partial charge in [0.05, 0.1) is 13.2 Å². The highest BCUT2D eigenvalue weighted by atomic mass is 16.5. The Morgan fingerprint density at radius 2 is 2.03 bits per heavy atom. The van der Waals surface area contributed by atoms with Crippen molar-refractivity contribution in [3.05, 3.63) is 42.0 Å². The molecule has 2 aliphatic rings. The topological polar surface area (TPSA) is 36.0 Å². The number of rotatable bonds is 10. The molecule has 1 aromatic carbocycles. The minimum Gasteiger partial charge on any atom is -0.379 e. The third kappa shape index (κ3) is 6.31. The Balaban J connectivity index is 1.60. The second-order valence-electron chi connectivity index (χ2n) is 8.18. The maximum atomic E-state index is 12.4. The predicted octanol–water partition coefficient (Wildman–Crippen LogP) is 3.48. The summed E-state index contributed by atoms with van der Waals surface area (Å²) in [6.45, 7) is 14.3. The summed E-state index contributed by atoms with van der Waals surface area (Å²) < 4.78 is 5.41. The van der Waals surface area contributed by atoms with Crippen LogP contribution in [0.1, 0.15) is 43.7 Å². The zero-order valence-corrected chi connectivity index (χ0v) is 18.1. The SMILES string of the molecule is C=CC(=O)N(CCCN1CCOCC1)Cc1ccc2c(c1)CCCN2CCCC. The number of hydrogen-bond acceptors (Lipinski definition) is 4. The highest BCUT2D eigenvalue weighted by Crippen LogP contribution is 2.28. The zero-order valence-electron chi connectivity index (χ0n) is 18.1. The lowest BCUT2D eigenvalue weighted by molar-refractivity contribution is -0.126. The molecule has 0 aromatic heterocycles. The minimum absolute atomic E-state index is 0.0225. The number of nitrogens with zero attached hydrogens (tertiary/aromatic N) is 3. The number of amides is 1. The van der Waals surface area contributed by atoms with Crippen molar-refractivity contribution in [2.45, 2.75) is 45.6 Å². The number of fused-ring (bicyclic) bond motifs is 1. The van der Waals surface area contributed by atoms with E-state index in [1.807, 2.05) is 4.90 Å². The Morgan fingerprint density at radius 3 is 2.79 bits per heavy atom. The normalized spacial score (nSPS) is 17.1. The largest absolute Gasteiger partial charge is 0.379 e. The van der Waals surface area contributed by atoms with Gasteiger partial charge in [0, 0.05) is 51.5 Å². The number of benzene rings is 1. The first-order valence-corrected chi connectivity index (χ1v) is 11.3. The number of carbonyl (C=O) groups is 1. The summed E-state index contributed by atoms with van der Waals surface area (Å²) in [7, 11) is 0. The molecule has 5 heteroatoms. The number of unbranched alkanes of at least 4 members (excludes halogenated alkanes) is 1. The van der Waals surface area contributed by atoms with Crippen molar-refractivity contribution in [1.29, 1.82) is 0 Å². The first kappa shape index (κ1) is 21.8. The summed E-state index contributed by atoms with van der Waals surface area (Å²) >= 11 is 0. The number of ether oxygens (including phenoxy) is 1. The van der Waals surface area contributed by atoms with Gasteiger partial charge >= 0.3 is 0 Å². The van der Waals surface area contributed by atoms with E-state index in [4.69, 9.17) is 4.74 Å². The lowest BCUT2D eigenvalue weighted by Gasteiger charge is -2.32. The van der Waals surface area contributed by atoms with E-state index in [9.17, 15) is 4.79 Å². The summed E-state index contributed by atoms with van der Waals surface area (Å²) in [5, 5.41) is 0. The average Bonchev–Trinajstić information content (AvgIpc) is 2.77. The molecule has 0 bridgehead atoms. The van der Waals surface area contributed by atoms with Crippen LogP contribution < -0.4 is 4.90 Å². The summed E-state index contributed by atoms with van der Waals surface area (Å²) in [4.78, 5) is 19.3. The first-order chi connectivity index (χ1) is 14.2. The molecule has 160 valence electrons. The molecule has 0 unspecified atom stereocenters. The molecular weight excluding hydrogens is 362 g/mol. The average molecular weight is 400 g/mol. The van der Waals surface area contributed by atoms with Crippen molar-refractivity contribution in [1.82, 2.24) is 9.80 Å². The number of hydrogen-bond donors (Lipinski definition) is 0. The van der Waals surface area contributed by atoms with Gasteiger partial charge in [-0.05, 0) is 49.0 Å². The van der Waals surface area contributed by atoms with E-state index in [2.05, 4.69) is 41.5 Å². The van der Waals surface area contributed by atoms with Crippen molar-refractivity contribution in [2.24, 2.45) is 0 Å². The van der Waals surface area contributed by atoms with Crippen LogP contribution in [0.5, 0.6) is 0 Å². The zero-order chi connectivity index (χ0) is 20.5. The molecule has 1 aromatic rings. The van der Waals surface area contributed by atoms with Crippen LogP contribution in [-0.4, -0.2) is 68.2 Å². The van der Waals surface area contributed by atoms with Gasteiger partial charge in [0.1, 0.15) is 0 Å². The van der Waals surface area contributed by atoms with Gasteiger partial charge in [0.25, 0.3) is 0 Å². The molecule has 0 N–H and O–H groups in total. The Morgan fingerprint density at radius 1 is 1.21 bits per heavy atom. The van der Waals surface area contributed by atoms with Gasteiger partial charge in [0.15, 0.2) is 0 Å². The highest BCUT2D eigenvalue weighted by Gasteiger charge is 2.18. The van der Waals surface area contributed by atoms with Crippen LogP contribution in [0.4, 0.5) is 5.69 Å². The number of aryl methyl sites for hydroxylation is 1. The van der Waals surface area contributed by atoms with E-state index in [-0.39, 0.29) is 5.91 Å². The lowest BCUT2D eigenvalue weighted by Crippen LogP contribution is -2.38. The molecule has 2 aliphatic heterocycles. The number of anilines is 1. The molecule has 5 nitrogen and oxygen atoms in total. The number of carbonyl (C=O) groups excluding carboxylic acids is 1. The molecule has 0 spiro atoms. The van der Waals surface area contributed by atoms with Crippen LogP contribution in [0.15, 0.2) is 30.9 Å². The maximum absolute atomic E-state index is 12.4. The third-order valence-corrected chi connectivity index (χ3v) is 6.01. The van der Waals surface area contributed by atoms with E-state index in [1.54, 1.807) is 0 Å². The lowest BCUT2D eigenvalue weighted by atomic mass is 9.98. The van der Waals surface area contributed by atoms with Crippen molar-refractivity contribution in [3.8, 4) is 0 Å². The van der Waals surface area contributed by atoms with E-state index in [0.29, 0.717) is 6.54 Å². The van der Waals surface area contributed by atoms with Crippen molar-refractivity contribution in [2.75, 3.05) is 57.4 Å². The van der Waals surface area contributed by atoms with E-state index >= 15 is 0 Å². The highest BCUT2D eigenvalue weighted by molar-refractivity contribution is 5.87. The predicted molar refractivity (Wildman–Crippen MR) is 119 cm³/mol. The first-order valence-electron chi connectivity index (χ1n) is 11.3. The second-order valence-corrected chi connectivity index (χ2v) is 8.18. The second kappa shape index (κ2) is 11.4.